The minimum atomic E-state index is -3.10. The van der Waals surface area contributed by atoms with Crippen LogP contribution in [0.3, 0.4) is 0 Å². The molecule has 18 heavy (non-hydrogen) atoms. The predicted molar refractivity (Wildman–Crippen MR) is 71.3 cm³/mol. The van der Waals surface area contributed by atoms with Gasteiger partial charge in [-0.1, -0.05) is 12.8 Å². The van der Waals surface area contributed by atoms with Gasteiger partial charge in [-0.15, -0.1) is 0 Å². The van der Waals surface area contributed by atoms with E-state index < -0.39 is 9.84 Å². The first-order valence-corrected chi connectivity index (χ1v) is 8.27. The molecule has 1 N–H and O–H groups in total. The van der Waals surface area contributed by atoms with Gasteiger partial charge in [-0.05, 0) is 12.8 Å². The minimum Gasteiger partial charge on any atom is -0.373 e. The van der Waals surface area contributed by atoms with Crippen LogP contribution < -0.4 is 5.32 Å². The van der Waals surface area contributed by atoms with Crippen molar-refractivity contribution >= 4 is 15.7 Å². The smallest absolute Gasteiger partial charge is 0.154 e. The van der Waals surface area contributed by atoms with Crippen molar-refractivity contribution in [3.05, 3.63) is 17.6 Å². The van der Waals surface area contributed by atoms with Gasteiger partial charge >= 0.3 is 0 Å². The van der Waals surface area contributed by atoms with Gasteiger partial charge in [0.25, 0.3) is 0 Å². The van der Waals surface area contributed by atoms with Crippen LogP contribution in [0.15, 0.2) is 6.07 Å². The highest BCUT2D eigenvalue weighted by molar-refractivity contribution is 7.89. The van der Waals surface area contributed by atoms with Crippen molar-refractivity contribution in [1.29, 1.82) is 0 Å². The van der Waals surface area contributed by atoms with Crippen LogP contribution in [0.25, 0.3) is 0 Å². The Morgan fingerprint density at radius 1 is 1.33 bits per heavy atom. The van der Waals surface area contributed by atoms with E-state index in [4.69, 9.17) is 0 Å². The topological polar surface area (TPSA) is 72.0 Å². The Bertz CT molecular complexity index is 522. The molecule has 5 nitrogen and oxygen atoms in total. The zero-order valence-electron chi connectivity index (χ0n) is 10.8. The second-order valence-corrected chi connectivity index (χ2v) is 7.04. The number of nitrogens with one attached hydrogen (secondary N) is 1. The lowest BCUT2D eigenvalue weighted by Crippen LogP contribution is -2.10. The Labute approximate surface area is 108 Å². The maximum atomic E-state index is 11.3. The first kappa shape index (κ1) is 13.3. The summed E-state index contributed by atoms with van der Waals surface area (Å²) in [5, 5.41) is 2.97. The average molecular weight is 269 g/mol. The molecule has 1 saturated carbocycles. The predicted octanol–water partition coefficient (Wildman–Crippen LogP) is 1.72. The van der Waals surface area contributed by atoms with Gasteiger partial charge in [0, 0.05) is 31.0 Å². The highest BCUT2D eigenvalue weighted by atomic mass is 32.2. The molecular weight excluding hydrogens is 250 g/mol. The molecule has 1 aliphatic carbocycles. The summed E-state index contributed by atoms with van der Waals surface area (Å²) >= 11 is 0. The molecule has 0 radical (unpaired) electrons. The molecule has 0 atom stereocenters. The Morgan fingerprint density at radius 2 is 2.00 bits per heavy atom. The molecule has 0 saturated heterocycles. The summed E-state index contributed by atoms with van der Waals surface area (Å²) < 4.78 is 22.7. The fourth-order valence-electron chi connectivity index (χ4n) is 2.38. The van der Waals surface area contributed by atoms with Crippen molar-refractivity contribution in [1.82, 2.24) is 9.97 Å². The zero-order chi connectivity index (χ0) is 13.2. The minimum absolute atomic E-state index is 0.0950. The van der Waals surface area contributed by atoms with Gasteiger partial charge in [-0.25, -0.2) is 18.4 Å². The van der Waals surface area contributed by atoms with Crippen LogP contribution in [0.5, 0.6) is 0 Å². The zero-order valence-corrected chi connectivity index (χ0v) is 11.6. The number of anilines is 1. The molecule has 1 aromatic rings. The van der Waals surface area contributed by atoms with Crippen LogP contribution >= 0.6 is 0 Å². The van der Waals surface area contributed by atoms with Crippen molar-refractivity contribution < 1.29 is 8.42 Å². The molecule has 1 aromatic heterocycles. The quantitative estimate of drug-likeness (QED) is 0.901. The summed E-state index contributed by atoms with van der Waals surface area (Å²) in [4.78, 5) is 8.63. The van der Waals surface area contributed by atoms with Crippen molar-refractivity contribution in [2.24, 2.45) is 0 Å². The summed E-state index contributed by atoms with van der Waals surface area (Å²) in [5.41, 5.74) is 0.977. The van der Waals surface area contributed by atoms with Crippen LogP contribution in [0.4, 0.5) is 5.82 Å². The Kier molecular flexibility index (Phi) is 3.85. The molecule has 1 heterocycles. The molecule has 6 heteroatoms. The normalized spacial score (nSPS) is 17.0. The van der Waals surface area contributed by atoms with E-state index in [9.17, 15) is 8.42 Å². The molecule has 100 valence electrons. The van der Waals surface area contributed by atoms with E-state index in [2.05, 4.69) is 15.3 Å². The average Bonchev–Trinajstić information content (AvgIpc) is 2.79. The summed E-state index contributed by atoms with van der Waals surface area (Å²) in [6.45, 7) is 0. The molecule has 1 aliphatic rings. The second-order valence-electron chi connectivity index (χ2n) is 4.90. The van der Waals surface area contributed by atoms with E-state index in [-0.39, 0.29) is 5.75 Å². The molecule has 0 unspecified atom stereocenters. The molecule has 0 aromatic carbocycles. The molecule has 0 spiro atoms. The van der Waals surface area contributed by atoms with Crippen LogP contribution in [0.1, 0.15) is 43.1 Å². The monoisotopic (exact) mass is 269 g/mol. The van der Waals surface area contributed by atoms with Crippen molar-refractivity contribution in [3.63, 3.8) is 0 Å². The number of rotatable bonds is 4. The van der Waals surface area contributed by atoms with Gasteiger partial charge in [0.05, 0.1) is 0 Å². The fourth-order valence-corrected chi connectivity index (χ4v) is 2.97. The third-order valence-corrected chi connectivity index (χ3v) is 4.00. The maximum absolute atomic E-state index is 11.3. The van der Waals surface area contributed by atoms with Crippen LogP contribution in [0, 0.1) is 0 Å². The van der Waals surface area contributed by atoms with Crippen molar-refractivity contribution in [3.8, 4) is 0 Å². The number of aromatic nitrogens is 2. The number of hydrogen-bond acceptors (Lipinski definition) is 5. The van der Waals surface area contributed by atoms with Gasteiger partial charge in [0.2, 0.25) is 0 Å². The largest absolute Gasteiger partial charge is 0.373 e. The van der Waals surface area contributed by atoms with E-state index in [0.717, 1.165) is 18.5 Å². The molecule has 0 amide bonds. The van der Waals surface area contributed by atoms with Crippen molar-refractivity contribution in [2.75, 3.05) is 18.6 Å². The molecular formula is C12H19N3O2S. The summed E-state index contributed by atoms with van der Waals surface area (Å²) in [6, 6.07) is 1.93. The van der Waals surface area contributed by atoms with E-state index in [1.54, 1.807) is 7.05 Å². The van der Waals surface area contributed by atoms with E-state index in [1.807, 2.05) is 6.07 Å². The maximum Gasteiger partial charge on any atom is 0.154 e. The lowest BCUT2D eigenvalue weighted by atomic mass is 10.0. The van der Waals surface area contributed by atoms with Gasteiger partial charge in [0.15, 0.2) is 9.84 Å². The van der Waals surface area contributed by atoms with Gasteiger partial charge < -0.3 is 5.32 Å². The van der Waals surface area contributed by atoms with Crippen molar-refractivity contribution in [2.45, 2.75) is 37.4 Å². The van der Waals surface area contributed by atoms with Crippen LogP contribution in [-0.2, 0) is 15.6 Å². The molecule has 2 rings (SSSR count). The fraction of sp³-hybridized carbons (Fsp3) is 0.667. The SMILES string of the molecule is CNc1cc(C2CCCC2)nc(CS(C)(=O)=O)n1. The summed E-state index contributed by atoms with van der Waals surface area (Å²) in [5.74, 6) is 1.46. The molecule has 0 aliphatic heterocycles. The second kappa shape index (κ2) is 5.22. The Morgan fingerprint density at radius 3 is 2.56 bits per heavy atom. The van der Waals surface area contributed by atoms with E-state index in [0.29, 0.717) is 17.6 Å². The first-order chi connectivity index (χ1) is 8.48. The lowest BCUT2D eigenvalue weighted by molar-refractivity contribution is 0.599. The standard InChI is InChI=1S/C12H19N3O2S/c1-13-11-7-10(9-5-3-4-6-9)14-12(15-11)8-18(2,16)17/h7,9H,3-6,8H2,1-2H3,(H,13,14,15). The lowest BCUT2D eigenvalue weighted by Gasteiger charge is -2.12. The summed E-state index contributed by atoms with van der Waals surface area (Å²) in [6.07, 6.45) is 5.94. The number of nitrogens with zero attached hydrogens (tertiary/aromatic N) is 2. The highest BCUT2D eigenvalue weighted by Crippen LogP contribution is 2.33. The Balaban J connectivity index is 2.32. The molecule has 1 fully saturated rings. The van der Waals surface area contributed by atoms with Gasteiger partial charge in [0.1, 0.15) is 17.4 Å². The summed E-state index contributed by atoms with van der Waals surface area (Å²) in [7, 11) is -1.31. The Hall–Kier alpha value is -1.17. The van der Waals surface area contributed by atoms with E-state index in [1.165, 1.54) is 19.1 Å². The van der Waals surface area contributed by atoms with Gasteiger partial charge in [-0.3, -0.25) is 0 Å². The van der Waals surface area contributed by atoms with E-state index >= 15 is 0 Å². The molecule has 0 bridgehead atoms. The number of sulfone groups is 1. The van der Waals surface area contributed by atoms with Gasteiger partial charge in [-0.2, -0.15) is 0 Å². The van der Waals surface area contributed by atoms with Crippen LogP contribution in [-0.4, -0.2) is 31.7 Å². The highest BCUT2D eigenvalue weighted by Gasteiger charge is 2.20. The third kappa shape index (κ3) is 3.41. The third-order valence-electron chi connectivity index (χ3n) is 3.21. The first-order valence-electron chi connectivity index (χ1n) is 6.21. The van der Waals surface area contributed by atoms with Crippen LogP contribution in [0.2, 0.25) is 0 Å². The number of hydrogen-bond donors (Lipinski definition) is 1.